The van der Waals surface area contributed by atoms with Crippen molar-refractivity contribution in [3.63, 3.8) is 0 Å². The van der Waals surface area contributed by atoms with Crippen molar-refractivity contribution in [1.82, 2.24) is 14.8 Å². The molecule has 1 aliphatic carbocycles. The fourth-order valence-electron chi connectivity index (χ4n) is 3.13. The van der Waals surface area contributed by atoms with Crippen LogP contribution in [0.4, 0.5) is 4.39 Å². The molecular formula is C18H22FN3S. The van der Waals surface area contributed by atoms with E-state index < -0.39 is 0 Å². The summed E-state index contributed by atoms with van der Waals surface area (Å²) in [6.07, 6.45) is 8.11. The van der Waals surface area contributed by atoms with Crippen LogP contribution >= 0.6 is 11.8 Å². The summed E-state index contributed by atoms with van der Waals surface area (Å²) in [5.41, 5.74) is 0.699. The summed E-state index contributed by atoms with van der Waals surface area (Å²) in [5.74, 6) is 1.97. The molecule has 23 heavy (non-hydrogen) atoms. The molecule has 122 valence electrons. The number of hydrogen-bond donors (Lipinski definition) is 0. The molecule has 3 rings (SSSR count). The van der Waals surface area contributed by atoms with Crippen LogP contribution in [0.25, 0.3) is 0 Å². The van der Waals surface area contributed by atoms with Crippen LogP contribution in [0.1, 0.15) is 49.4 Å². The molecule has 0 amide bonds. The summed E-state index contributed by atoms with van der Waals surface area (Å²) in [4.78, 5) is 0. The Hall–Kier alpha value is -1.62. The zero-order valence-electron chi connectivity index (χ0n) is 13.2. The molecule has 1 saturated carbocycles. The normalized spacial score (nSPS) is 15.7. The zero-order valence-corrected chi connectivity index (χ0v) is 14.1. The molecule has 2 aromatic rings. The van der Waals surface area contributed by atoms with Gasteiger partial charge in [0.25, 0.3) is 0 Å². The molecule has 5 heteroatoms. The standard InChI is InChI=1S/C18H22FN3S/c1-2-12-22-17(14-8-4-3-5-9-14)20-21-18(22)23-13-15-10-6-7-11-16(15)19/h2,6-7,10-11,14H,1,3-5,8-9,12-13H2. The van der Waals surface area contributed by atoms with Crippen LogP contribution in [-0.4, -0.2) is 14.8 Å². The van der Waals surface area contributed by atoms with Gasteiger partial charge in [0.2, 0.25) is 0 Å². The van der Waals surface area contributed by atoms with Gasteiger partial charge in [-0.3, -0.25) is 0 Å². The van der Waals surface area contributed by atoms with E-state index in [1.54, 1.807) is 17.8 Å². The third kappa shape index (κ3) is 3.83. The van der Waals surface area contributed by atoms with E-state index in [9.17, 15) is 4.39 Å². The molecule has 0 bridgehead atoms. The molecule has 0 spiro atoms. The number of allylic oxidation sites excluding steroid dienone is 1. The number of nitrogens with zero attached hydrogens (tertiary/aromatic N) is 3. The lowest BCUT2D eigenvalue weighted by atomic mass is 9.89. The second-order valence-electron chi connectivity index (χ2n) is 5.96. The van der Waals surface area contributed by atoms with Gasteiger partial charge in [0.05, 0.1) is 0 Å². The fourth-order valence-corrected chi connectivity index (χ4v) is 4.07. The predicted molar refractivity (Wildman–Crippen MR) is 92.0 cm³/mol. The first kappa shape index (κ1) is 16.2. The Bertz CT molecular complexity index is 662. The molecule has 0 aliphatic heterocycles. The van der Waals surface area contributed by atoms with E-state index in [0.29, 0.717) is 23.8 Å². The first-order valence-corrected chi connectivity index (χ1v) is 9.18. The molecule has 0 atom stereocenters. The molecule has 0 radical (unpaired) electrons. The van der Waals surface area contributed by atoms with Crippen LogP contribution in [-0.2, 0) is 12.3 Å². The summed E-state index contributed by atoms with van der Waals surface area (Å²) < 4.78 is 15.9. The zero-order chi connectivity index (χ0) is 16.1. The molecule has 0 unspecified atom stereocenters. The maximum atomic E-state index is 13.8. The summed E-state index contributed by atoms with van der Waals surface area (Å²) in [6.45, 7) is 4.56. The first-order chi connectivity index (χ1) is 11.3. The van der Waals surface area contributed by atoms with Crippen molar-refractivity contribution < 1.29 is 4.39 Å². The van der Waals surface area contributed by atoms with E-state index in [1.807, 2.05) is 18.2 Å². The predicted octanol–water partition coefficient (Wildman–Crippen LogP) is 4.94. The van der Waals surface area contributed by atoms with Gasteiger partial charge in [-0.2, -0.15) is 0 Å². The maximum absolute atomic E-state index is 13.8. The average molecular weight is 331 g/mol. The van der Waals surface area contributed by atoms with E-state index in [-0.39, 0.29) is 5.82 Å². The number of benzene rings is 1. The molecular weight excluding hydrogens is 309 g/mol. The minimum Gasteiger partial charge on any atom is -0.302 e. The van der Waals surface area contributed by atoms with Crippen molar-refractivity contribution in [2.45, 2.75) is 55.5 Å². The van der Waals surface area contributed by atoms with Crippen LogP contribution in [0.2, 0.25) is 0 Å². The molecule has 0 N–H and O–H groups in total. The highest BCUT2D eigenvalue weighted by molar-refractivity contribution is 7.98. The van der Waals surface area contributed by atoms with Crippen molar-refractivity contribution >= 4 is 11.8 Å². The Balaban J connectivity index is 1.77. The largest absolute Gasteiger partial charge is 0.302 e. The second-order valence-corrected chi connectivity index (χ2v) is 6.90. The topological polar surface area (TPSA) is 30.7 Å². The van der Waals surface area contributed by atoms with Crippen LogP contribution in [0.15, 0.2) is 42.1 Å². The second kappa shape index (κ2) is 7.77. The Morgan fingerprint density at radius 2 is 2.00 bits per heavy atom. The third-order valence-corrected chi connectivity index (χ3v) is 5.36. The molecule has 1 aromatic carbocycles. The lowest BCUT2D eigenvalue weighted by molar-refractivity contribution is 0.415. The van der Waals surface area contributed by atoms with E-state index in [4.69, 9.17) is 0 Å². The molecule has 1 heterocycles. The minimum atomic E-state index is -0.165. The number of aromatic nitrogens is 3. The SMILES string of the molecule is C=CCn1c(SCc2ccccc2F)nnc1C1CCCCC1. The van der Waals surface area contributed by atoms with Gasteiger partial charge in [-0.25, -0.2) is 4.39 Å². The lowest BCUT2D eigenvalue weighted by Crippen LogP contribution is -2.12. The van der Waals surface area contributed by atoms with Crippen LogP contribution in [0.3, 0.4) is 0 Å². The monoisotopic (exact) mass is 331 g/mol. The van der Waals surface area contributed by atoms with Crippen molar-refractivity contribution in [3.8, 4) is 0 Å². The van der Waals surface area contributed by atoms with Crippen molar-refractivity contribution in [2.24, 2.45) is 0 Å². The molecule has 1 fully saturated rings. The highest BCUT2D eigenvalue weighted by Crippen LogP contribution is 2.33. The molecule has 1 aromatic heterocycles. The van der Waals surface area contributed by atoms with E-state index in [1.165, 1.54) is 38.2 Å². The van der Waals surface area contributed by atoms with Crippen LogP contribution in [0, 0.1) is 5.82 Å². The van der Waals surface area contributed by atoms with Gasteiger partial charge in [0.1, 0.15) is 11.6 Å². The van der Waals surface area contributed by atoms with E-state index in [2.05, 4.69) is 21.3 Å². The minimum absolute atomic E-state index is 0.165. The molecule has 3 nitrogen and oxygen atoms in total. The first-order valence-electron chi connectivity index (χ1n) is 8.20. The Kier molecular flexibility index (Phi) is 5.49. The van der Waals surface area contributed by atoms with Crippen LogP contribution in [0.5, 0.6) is 0 Å². The Morgan fingerprint density at radius 1 is 1.22 bits per heavy atom. The summed E-state index contributed by atoms with van der Waals surface area (Å²) in [7, 11) is 0. The van der Waals surface area contributed by atoms with Gasteiger partial charge in [0.15, 0.2) is 5.16 Å². The molecule has 0 saturated heterocycles. The fraction of sp³-hybridized carbons (Fsp3) is 0.444. The molecule has 1 aliphatic rings. The van der Waals surface area contributed by atoms with Gasteiger partial charge in [-0.1, -0.05) is 55.3 Å². The van der Waals surface area contributed by atoms with E-state index >= 15 is 0 Å². The smallest absolute Gasteiger partial charge is 0.191 e. The van der Waals surface area contributed by atoms with Crippen molar-refractivity contribution in [3.05, 3.63) is 54.1 Å². The third-order valence-electron chi connectivity index (χ3n) is 4.34. The highest BCUT2D eigenvalue weighted by atomic mass is 32.2. The van der Waals surface area contributed by atoms with E-state index in [0.717, 1.165) is 11.0 Å². The number of halogens is 1. The highest BCUT2D eigenvalue weighted by Gasteiger charge is 2.23. The van der Waals surface area contributed by atoms with Gasteiger partial charge >= 0.3 is 0 Å². The lowest BCUT2D eigenvalue weighted by Gasteiger charge is -2.21. The van der Waals surface area contributed by atoms with Gasteiger partial charge < -0.3 is 4.57 Å². The van der Waals surface area contributed by atoms with Crippen molar-refractivity contribution in [1.29, 1.82) is 0 Å². The average Bonchev–Trinajstić information content (AvgIpc) is 2.98. The number of hydrogen-bond acceptors (Lipinski definition) is 3. The maximum Gasteiger partial charge on any atom is 0.191 e. The Morgan fingerprint density at radius 3 is 2.74 bits per heavy atom. The summed E-state index contributed by atoms with van der Waals surface area (Å²) >= 11 is 1.54. The van der Waals surface area contributed by atoms with Crippen molar-refractivity contribution in [2.75, 3.05) is 0 Å². The summed E-state index contributed by atoms with van der Waals surface area (Å²) in [5, 5.41) is 9.66. The number of rotatable bonds is 6. The summed E-state index contributed by atoms with van der Waals surface area (Å²) in [6, 6.07) is 6.89. The van der Waals surface area contributed by atoms with Crippen LogP contribution < -0.4 is 0 Å². The van der Waals surface area contributed by atoms with Gasteiger partial charge in [0, 0.05) is 18.2 Å². The quantitative estimate of drug-likeness (QED) is 0.555. The van der Waals surface area contributed by atoms with Gasteiger partial charge in [-0.05, 0) is 24.5 Å². The van der Waals surface area contributed by atoms with Gasteiger partial charge in [-0.15, -0.1) is 16.8 Å². The Labute approximate surface area is 141 Å². The number of thioether (sulfide) groups is 1.